The monoisotopic (exact) mass is 385 g/mol. The van der Waals surface area contributed by atoms with Crippen molar-refractivity contribution in [3.05, 3.63) is 59.3 Å². The summed E-state index contributed by atoms with van der Waals surface area (Å²) in [5.74, 6) is -0.297. The topological polar surface area (TPSA) is 89.4 Å². The summed E-state index contributed by atoms with van der Waals surface area (Å²) in [7, 11) is 0. The lowest BCUT2D eigenvalue weighted by atomic mass is 10.1. The third kappa shape index (κ3) is 3.35. The second-order valence-electron chi connectivity index (χ2n) is 5.03. The van der Waals surface area contributed by atoms with Gasteiger partial charge in [0.25, 0.3) is 0 Å². The van der Waals surface area contributed by atoms with Crippen LogP contribution in [0.5, 0.6) is 0 Å². The van der Waals surface area contributed by atoms with Crippen LogP contribution in [-0.2, 0) is 0 Å². The zero-order chi connectivity index (χ0) is 17.9. The Labute approximate surface area is 156 Å². The molecule has 0 aliphatic rings. The first kappa shape index (κ1) is 16.4. The normalized spacial score (nSPS) is 10.7. The molecule has 26 heavy (non-hydrogen) atoms. The van der Waals surface area contributed by atoms with Crippen molar-refractivity contribution in [1.82, 2.24) is 30.1 Å². The first-order chi connectivity index (χ1) is 12.7. The molecule has 0 aliphatic carbocycles. The van der Waals surface area contributed by atoms with Gasteiger partial charge in [0.05, 0.1) is 6.20 Å². The van der Waals surface area contributed by atoms with E-state index in [4.69, 9.17) is 11.6 Å². The summed E-state index contributed by atoms with van der Waals surface area (Å²) in [6.45, 7) is 0. The van der Waals surface area contributed by atoms with Crippen molar-refractivity contribution in [2.24, 2.45) is 0 Å². The third-order valence-electron chi connectivity index (χ3n) is 3.34. The lowest BCUT2D eigenvalue weighted by molar-refractivity contribution is 0.624. The molecule has 0 unspecified atom stereocenters. The van der Waals surface area contributed by atoms with E-state index in [1.807, 2.05) is 6.07 Å². The van der Waals surface area contributed by atoms with Gasteiger partial charge in [-0.15, -0.1) is 21.5 Å². The Balaban J connectivity index is 1.83. The van der Waals surface area contributed by atoms with Crippen molar-refractivity contribution in [3.8, 4) is 22.5 Å². The standard InChI is InChI=1S/C16H9ClFN7S/c17-12-8-26-16(21-12)23-15-22-13(9-2-1-4-19-6-9)14(24-25-15)10-3-5-20-7-11(10)18/h1-8H,(H,21,22,23,25). The molecule has 0 atom stereocenters. The van der Waals surface area contributed by atoms with Gasteiger partial charge in [0.1, 0.15) is 16.5 Å². The molecular formula is C16H9ClFN7S. The summed E-state index contributed by atoms with van der Waals surface area (Å²) in [5, 5.41) is 13.7. The minimum atomic E-state index is -0.513. The molecule has 10 heteroatoms. The maximum Gasteiger partial charge on any atom is 0.249 e. The molecule has 4 aromatic heterocycles. The number of anilines is 2. The van der Waals surface area contributed by atoms with Crippen LogP contribution in [0.3, 0.4) is 0 Å². The van der Waals surface area contributed by atoms with Gasteiger partial charge in [-0.2, -0.15) is 0 Å². The number of thiazole rings is 1. The van der Waals surface area contributed by atoms with Crippen LogP contribution in [0.2, 0.25) is 5.15 Å². The Hall–Kier alpha value is -3.04. The van der Waals surface area contributed by atoms with Crippen LogP contribution in [0.15, 0.2) is 48.4 Å². The van der Waals surface area contributed by atoms with Crippen molar-refractivity contribution >= 4 is 34.0 Å². The van der Waals surface area contributed by atoms with Crippen LogP contribution in [0, 0.1) is 5.82 Å². The number of pyridine rings is 2. The van der Waals surface area contributed by atoms with Crippen molar-refractivity contribution in [2.45, 2.75) is 0 Å². The van der Waals surface area contributed by atoms with Gasteiger partial charge in [-0.3, -0.25) is 15.3 Å². The summed E-state index contributed by atoms with van der Waals surface area (Å²) >= 11 is 7.13. The number of rotatable bonds is 4. The van der Waals surface area contributed by atoms with Crippen LogP contribution in [0.1, 0.15) is 0 Å². The van der Waals surface area contributed by atoms with Gasteiger partial charge < -0.3 is 0 Å². The number of hydrogen-bond donors (Lipinski definition) is 1. The van der Waals surface area contributed by atoms with Gasteiger partial charge >= 0.3 is 0 Å². The molecule has 1 N–H and O–H groups in total. The second kappa shape index (κ2) is 7.06. The van der Waals surface area contributed by atoms with E-state index in [1.165, 1.54) is 23.6 Å². The maximum atomic E-state index is 14.2. The minimum absolute atomic E-state index is 0.216. The van der Waals surface area contributed by atoms with Gasteiger partial charge in [0, 0.05) is 35.1 Å². The fourth-order valence-corrected chi connectivity index (χ4v) is 3.07. The molecule has 0 amide bonds. The van der Waals surface area contributed by atoms with Crippen LogP contribution >= 0.6 is 22.9 Å². The Bertz CT molecular complexity index is 1060. The molecule has 0 aromatic carbocycles. The lowest BCUT2D eigenvalue weighted by Gasteiger charge is -2.09. The highest BCUT2D eigenvalue weighted by molar-refractivity contribution is 7.14. The minimum Gasteiger partial charge on any atom is -0.299 e. The Kier molecular flexibility index (Phi) is 4.46. The highest BCUT2D eigenvalue weighted by Gasteiger charge is 2.17. The molecule has 0 fully saturated rings. The smallest absolute Gasteiger partial charge is 0.249 e. The van der Waals surface area contributed by atoms with Gasteiger partial charge in [0.2, 0.25) is 5.95 Å². The summed E-state index contributed by atoms with van der Waals surface area (Å²) in [4.78, 5) is 16.4. The van der Waals surface area contributed by atoms with E-state index in [1.54, 1.807) is 23.8 Å². The zero-order valence-corrected chi connectivity index (χ0v) is 14.5. The van der Waals surface area contributed by atoms with Crippen LogP contribution in [0.4, 0.5) is 15.5 Å². The Morgan fingerprint density at radius 1 is 1.00 bits per heavy atom. The van der Waals surface area contributed by atoms with Gasteiger partial charge in [-0.1, -0.05) is 11.6 Å². The molecule has 4 heterocycles. The predicted octanol–water partition coefficient (Wildman–Crippen LogP) is 3.99. The lowest BCUT2D eigenvalue weighted by Crippen LogP contribution is -2.04. The van der Waals surface area contributed by atoms with E-state index in [-0.39, 0.29) is 11.5 Å². The fourth-order valence-electron chi connectivity index (χ4n) is 2.24. The van der Waals surface area contributed by atoms with Crippen molar-refractivity contribution < 1.29 is 4.39 Å². The molecule has 4 rings (SSSR count). The van der Waals surface area contributed by atoms with E-state index < -0.39 is 5.82 Å². The van der Waals surface area contributed by atoms with E-state index in [0.29, 0.717) is 27.2 Å². The van der Waals surface area contributed by atoms with E-state index in [0.717, 1.165) is 6.20 Å². The van der Waals surface area contributed by atoms with Crippen molar-refractivity contribution in [1.29, 1.82) is 0 Å². The van der Waals surface area contributed by atoms with Gasteiger partial charge in [-0.25, -0.2) is 14.4 Å². The molecule has 128 valence electrons. The largest absolute Gasteiger partial charge is 0.299 e. The van der Waals surface area contributed by atoms with Crippen molar-refractivity contribution in [3.63, 3.8) is 0 Å². The summed E-state index contributed by atoms with van der Waals surface area (Å²) < 4.78 is 14.2. The highest BCUT2D eigenvalue weighted by atomic mass is 35.5. The van der Waals surface area contributed by atoms with E-state index in [9.17, 15) is 4.39 Å². The molecule has 0 saturated heterocycles. The number of nitrogens with one attached hydrogen (secondary N) is 1. The Morgan fingerprint density at radius 2 is 1.88 bits per heavy atom. The molecule has 7 nitrogen and oxygen atoms in total. The summed E-state index contributed by atoms with van der Waals surface area (Å²) in [5.41, 5.74) is 1.65. The van der Waals surface area contributed by atoms with E-state index in [2.05, 4.69) is 35.5 Å². The quantitative estimate of drug-likeness (QED) is 0.568. The number of aromatic nitrogens is 6. The first-order valence-electron chi connectivity index (χ1n) is 7.34. The van der Waals surface area contributed by atoms with Crippen LogP contribution in [-0.4, -0.2) is 30.1 Å². The van der Waals surface area contributed by atoms with Crippen molar-refractivity contribution in [2.75, 3.05) is 5.32 Å². The SMILES string of the molecule is Fc1cnccc1-c1nnc(Nc2nc(Cl)cs2)nc1-c1cccnc1. The zero-order valence-electron chi connectivity index (χ0n) is 13.0. The molecule has 4 aromatic rings. The summed E-state index contributed by atoms with van der Waals surface area (Å²) in [6.07, 6.45) is 5.86. The maximum absolute atomic E-state index is 14.2. The Morgan fingerprint density at radius 3 is 2.62 bits per heavy atom. The molecule has 0 radical (unpaired) electrons. The molecule has 0 saturated carbocycles. The first-order valence-corrected chi connectivity index (χ1v) is 8.59. The number of hydrogen-bond acceptors (Lipinski definition) is 8. The fraction of sp³-hybridized carbons (Fsp3) is 0. The average molecular weight is 386 g/mol. The number of halogens is 2. The molecule has 0 bridgehead atoms. The van der Waals surface area contributed by atoms with E-state index >= 15 is 0 Å². The third-order valence-corrected chi connectivity index (χ3v) is 4.42. The van der Waals surface area contributed by atoms with Crippen LogP contribution < -0.4 is 5.32 Å². The predicted molar refractivity (Wildman–Crippen MR) is 96.7 cm³/mol. The molecule has 0 spiro atoms. The number of nitrogens with zero attached hydrogens (tertiary/aromatic N) is 6. The molecule has 0 aliphatic heterocycles. The highest BCUT2D eigenvalue weighted by Crippen LogP contribution is 2.30. The average Bonchev–Trinajstić information content (AvgIpc) is 3.08. The second-order valence-corrected chi connectivity index (χ2v) is 6.28. The summed E-state index contributed by atoms with van der Waals surface area (Å²) in [6, 6.07) is 5.09. The van der Waals surface area contributed by atoms with Gasteiger partial charge in [-0.05, 0) is 18.2 Å². The molecular weight excluding hydrogens is 377 g/mol. The van der Waals surface area contributed by atoms with Crippen LogP contribution in [0.25, 0.3) is 22.5 Å². The van der Waals surface area contributed by atoms with Gasteiger partial charge in [0.15, 0.2) is 10.9 Å².